The number of carbonyl (C=O) groups is 1. The summed E-state index contributed by atoms with van der Waals surface area (Å²) in [5.41, 5.74) is 4.58. The first-order valence-corrected chi connectivity index (χ1v) is 10.3. The summed E-state index contributed by atoms with van der Waals surface area (Å²) in [6.45, 7) is 1.10. The van der Waals surface area contributed by atoms with Gasteiger partial charge in [0.05, 0.1) is 7.11 Å². The summed E-state index contributed by atoms with van der Waals surface area (Å²) in [5, 5.41) is 6.15. The van der Waals surface area contributed by atoms with Crippen molar-refractivity contribution in [3.8, 4) is 16.9 Å². The Labute approximate surface area is 187 Å². The van der Waals surface area contributed by atoms with Crippen LogP contribution < -0.4 is 15.4 Å². The maximum absolute atomic E-state index is 12.5. The highest BCUT2D eigenvalue weighted by Gasteiger charge is 2.07. The van der Waals surface area contributed by atoms with Crippen molar-refractivity contribution in [2.75, 3.05) is 12.4 Å². The number of anilines is 1. The second kappa shape index (κ2) is 10.2. The third-order valence-electron chi connectivity index (χ3n) is 5.01. The van der Waals surface area contributed by atoms with E-state index in [0.717, 1.165) is 22.4 Å². The normalized spacial score (nSPS) is 10.4. The number of benzene rings is 3. The second-order valence-corrected chi connectivity index (χ2v) is 7.25. The van der Waals surface area contributed by atoms with Crippen LogP contribution in [0, 0.1) is 0 Å². The smallest absolute Gasteiger partial charge is 0.251 e. The van der Waals surface area contributed by atoms with Gasteiger partial charge in [0.1, 0.15) is 5.75 Å². The van der Waals surface area contributed by atoms with E-state index in [1.54, 1.807) is 31.6 Å². The van der Waals surface area contributed by atoms with Gasteiger partial charge in [0.2, 0.25) is 5.95 Å². The second-order valence-electron chi connectivity index (χ2n) is 7.25. The van der Waals surface area contributed by atoms with Crippen LogP contribution in [-0.2, 0) is 13.1 Å². The highest BCUT2D eigenvalue weighted by Crippen LogP contribution is 2.19. The van der Waals surface area contributed by atoms with Gasteiger partial charge in [-0.2, -0.15) is 0 Å². The number of carbonyl (C=O) groups excluding carboxylic acids is 1. The molecule has 4 rings (SSSR count). The Balaban J connectivity index is 1.33. The quantitative estimate of drug-likeness (QED) is 0.429. The minimum Gasteiger partial charge on any atom is -0.497 e. The molecule has 6 heteroatoms. The molecular weight excluding hydrogens is 400 g/mol. The van der Waals surface area contributed by atoms with Crippen molar-refractivity contribution < 1.29 is 9.53 Å². The number of methoxy groups -OCH3 is 1. The van der Waals surface area contributed by atoms with Crippen LogP contribution in [0.4, 0.5) is 5.95 Å². The first-order valence-electron chi connectivity index (χ1n) is 10.3. The molecule has 0 atom stereocenters. The van der Waals surface area contributed by atoms with Crippen LogP contribution in [0.15, 0.2) is 91.3 Å². The van der Waals surface area contributed by atoms with Gasteiger partial charge in [-0.3, -0.25) is 4.79 Å². The number of nitrogens with one attached hydrogen (secondary N) is 2. The molecule has 0 saturated heterocycles. The summed E-state index contributed by atoms with van der Waals surface area (Å²) in [4.78, 5) is 21.3. The van der Waals surface area contributed by atoms with Gasteiger partial charge in [-0.25, -0.2) is 9.97 Å². The van der Waals surface area contributed by atoms with Crippen molar-refractivity contribution in [2.24, 2.45) is 0 Å². The Morgan fingerprint density at radius 3 is 2.25 bits per heavy atom. The summed E-state index contributed by atoms with van der Waals surface area (Å²) >= 11 is 0. The van der Waals surface area contributed by atoms with Crippen LogP contribution in [0.2, 0.25) is 0 Å². The molecule has 3 aromatic carbocycles. The van der Waals surface area contributed by atoms with Crippen LogP contribution in [0.25, 0.3) is 11.1 Å². The van der Waals surface area contributed by atoms with E-state index in [1.165, 1.54) is 5.56 Å². The molecule has 0 saturated carbocycles. The van der Waals surface area contributed by atoms with Gasteiger partial charge in [-0.15, -0.1) is 0 Å². The van der Waals surface area contributed by atoms with E-state index in [2.05, 4.69) is 32.7 Å². The Morgan fingerprint density at radius 2 is 1.53 bits per heavy atom. The minimum atomic E-state index is -0.129. The average Bonchev–Trinajstić information content (AvgIpc) is 2.87. The number of amides is 1. The lowest BCUT2D eigenvalue weighted by Gasteiger charge is -2.08. The maximum Gasteiger partial charge on any atom is 0.251 e. The highest BCUT2D eigenvalue weighted by atomic mass is 16.5. The summed E-state index contributed by atoms with van der Waals surface area (Å²) in [7, 11) is 1.62. The summed E-state index contributed by atoms with van der Waals surface area (Å²) in [6, 6.07) is 25.1. The molecule has 1 aromatic heterocycles. The molecule has 1 amide bonds. The van der Waals surface area contributed by atoms with Gasteiger partial charge < -0.3 is 15.4 Å². The average molecular weight is 425 g/mol. The molecule has 0 unspecified atom stereocenters. The van der Waals surface area contributed by atoms with Crippen molar-refractivity contribution in [1.29, 1.82) is 0 Å². The SMILES string of the molecule is COc1cccc(CNC(=O)c2ccc(-c3cnc(NCc4ccccc4)nc3)cc2)c1. The van der Waals surface area contributed by atoms with E-state index < -0.39 is 0 Å². The Hall–Kier alpha value is -4.19. The molecule has 0 bridgehead atoms. The van der Waals surface area contributed by atoms with Gasteiger partial charge in [0, 0.05) is 36.6 Å². The zero-order valence-corrected chi connectivity index (χ0v) is 17.8. The van der Waals surface area contributed by atoms with Gasteiger partial charge in [0.15, 0.2) is 0 Å². The minimum absolute atomic E-state index is 0.129. The van der Waals surface area contributed by atoms with E-state index in [0.29, 0.717) is 24.6 Å². The molecule has 0 aliphatic rings. The van der Waals surface area contributed by atoms with E-state index in [9.17, 15) is 4.79 Å². The maximum atomic E-state index is 12.5. The standard InChI is InChI=1S/C26H24N4O2/c1-32-24-9-5-8-20(14-24)16-27-25(31)22-12-10-21(11-13-22)23-17-29-26(30-18-23)28-15-19-6-3-2-4-7-19/h2-14,17-18H,15-16H2,1H3,(H,27,31)(H,28,29,30). The molecule has 0 radical (unpaired) electrons. The molecule has 160 valence electrons. The predicted octanol–water partition coefficient (Wildman–Crippen LogP) is 4.69. The van der Waals surface area contributed by atoms with Gasteiger partial charge in [-0.05, 0) is 41.0 Å². The fourth-order valence-electron chi connectivity index (χ4n) is 3.23. The van der Waals surface area contributed by atoms with Crippen LogP contribution >= 0.6 is 0 Å². The van der Waals surface area contributed by atoms with Crippen molar-refractivity contribution >= 4 is 11.9 Å². The topological polar surface area (TPSA) is 76.1 Å². The molecule has 0 aliphatic heterocycles. The first-order chi connectivity index (χ1) is 15.7. The molecule has 2 N–H and O–H groups in total. The number of nitrogens with zero attached hydrogens (tertiary/aromatic N) is 2. The first kappa shape index (κ1) is 21.1. The Kier molecular flexibility index (Phi) is 6.72. The number of aromatic nitrogens is 2. The highest BCUT2D eigenvalue weighted by molar-refractivity contribution is 5.94. The lowest BCUT2D eigenvalue weighted by Crippen LogP contribution is -2.22. The predicted molar refractivity (Wildman–Crippen MR) is 125 cm³/mol. The van der Waals surface area contributed by atoms with Gasteiger partial charge >= 0.3 is 0 Å². The van der Waals surface area contributed by atoms with Gasteiger partial charge in [0.25, 0.3) is 5.91 Å². The molecule has 0 spiro atoms. The van der Waals surface area contributed by atoms with Crippen molar-refractivity contribution in [2.45, 2.75) is 13.1 Å². The van der Waals surface area contributed by atoms with E-state index in [1.807, 2.05) is 54.6 Å². The lowest BCUT2D eigenvalue weighted by atomic mass is 10.1. The molecule has 1 heterocycles. The largest absolute Gasteiger partial charge is 0.497 e. The fourth-order valence-corrected chi connectivity index (χ4v) is 3.23. The van der Waals surface area contributed by atoms with Crippen molar-refractivity contribution in [1.82, 2.24) is 15.3 Å². The number of hydrogen-bond donors (Lipinski definition) is 2. The molecule has 32 heavy (non-hydrogen) atoms. The Bertz CT molecular complexity index is 1160. The third-order valence-corrected chi connectivity index (χ3v) is 5.01. The van der Waals surface area contributed by atoms with E-state index in [4.69, 9.17) is 4.74 Å². The third kappa shape index (κ3) is 5.49. The fraction of sp³-hybridized carbons (Fsp3) is 0.115. The molecule has 6 nitrogen and oxygen atoms in total. The van der Waals surface area contributed by atoms with Crippen LogP contribution in [0.5, 0.6) is 5.75 Å². The van der Waals surface area contributed by atoms with Gasteiger partial charge in [-0.1, -0.05) is 54.6 Å². The van der Waals surface area contributed by atoms with Crippen molar-refractivity contribution in [3.05, 3.63) is 108 Å². The van der Waals surface area contributed by atoms with Crippen LogP contribution in [0.1, 0.15) is 21.5 Å². The summed E-state index contributed by atoms with van der Waals surface area (Å²) in [6.07, 6.45) is 3.55. The lowest BCUT2D eigenvalue weighted by molar-refractivity contribution is 0.0951. The van der Waals surface area contributed by atoms with Crippen molar-refractivity contribution in [3.63, 3.8) is 0 Å². The molecule has 0 aliphatic carbocycles. The van der Waals surface area contributed by atoms with E-state index >= 15 is 0 Å². The molecule has 4 aromatic rings. The van der Waals surface area contributed by atoms with Crippen LogP contribution in [0.3, 0.4) is 0 Å². The number of hydrogen-bond acceptors (Lipinski definition) is 5. The monoisotopic (exact) mass is 424 g/mol. The molecular formula is C26H24N4O2. The zero-order valence-electron chi connectivity index (χ0n) is 17.8. The number of rotatable bonds is 8. The zero-order chi connectivity index (χ0) is 22.2. The summed E-state index contributed by atoms with van der Waals surface area (Å²) in [5.74, 6) is 1.21. The van der Waals surface area contributed by atoms with Crippen LogP contribution in [-0.4, -0.2) is 23.0 Å². The summed E-state index contributed by atoms with van der Waals surface area (Å²) < 4.78 is 5.22. The number of ether oxygens (including phenoxy) is 1. The van der Waals surface area contributed by atoms with E-state index in [-0.39, 0.29) is 5.91 Å². The molecule has 0 fully saturated rings. The Morgan fingerprint density at radius 1 is 0.812 bits per heavy atom.